The Labute approximate surface area is 76.8 Å². The standard InChI is InChI=1S/C10H11NO2/c1-8(7-12)11-10(13)9-5-3-2-4-6-9/h2-8H,1H3,(H,11,13). The van der Waals surface area contributed by atoms with Crippen LogP contribution in [0.5, 0.6) is 0 Å². The highest BCUT2D eigenvalue weighted by Crippen LogP contribution is 1.97. The van der Waals surface area contributed by atoms with Gasteiger partial charge < -0.3 is 10.1 Å². The molecule has 1 unspecified atom stereocenters. The predicted molar refractivity (Wildman–Crippen MR) is 49.4 cm³/mol. The molecule has 0 aromatic heterocycles. The van der Waals surface area contributed by atoms with E-state index >= 15 is 0 Å². The number of amides is 1. The highest BCUT2D eigenvalue weighted by Gasteiger charge is 2.06. The molecule has 0 bridgehead atoms. The number of benzene rings is 1. The van der Waals surface area contributed by atoms with Crippen molar-refractivity contribution in [2.45, 2.75) is 13.0 Å². The van der Waals surface area contributed by atoms with Crippen LogP contribution < -0.4 is 5.32 Å². The van der Waals surface area contributed by atoms with Crippen LogP contribution in [0.2, 0.25) is 0 Å². The van der Waals surface area contributed by atoms with E-state index in [2.05, 4.69) is 5.32 Å². The van der Waals surface area contributed by atoms with Gasteiger partial charge in [0.05, 0.1) is 6.04 Å². The van der Waals surface area contributed by atoms with Crippen LogP contribution in [0.1, 0.15) is 17.3 Å². The summed E-state index contributed by atoms with van der Waals surface area (Å²) in [5, 5.41) is 2.54. The van der Waals surface area contributed by atoms with Gasteiger partial charge in [0.15, 0.2) is 0 Å². The summed E-state index contributed by atoms with van der Waals surface area (Å²) in [7, 11) is 0. The van der Waals surface area contributed by atoms with E-state index in [1.807, 2.05) is 6.07 Å². The Morgan fingerprint density at radius 3 is 2.54 bits per heavy atom. The molecular formula is C10H11NO2. The molecule has 1 rings (SSSR count). The molecular weight excluding hydrogens is 166 g/mol. The van der Waals surface area contributed by atoms with Gasteiger partial charge in [-0.1, -0.05) is 18.2 Å². The highest BCUT2D eigenvalue weighted by atomic mass is 16.2. The summed E-state index contributed by atoms with van der Waals surface area (Å²) in [4.78, 5) is 21.6. The molecule has 68 valence electrons. The van der Waals surface area contributed by atoms with Crippen molar-refractivity contribution in [2.24, 2.45) is 0 Å². The van der Waals surface area contributed by atoms with E-state index in [1.165, 1.54) is 0 Å². The summed E-state index contributed by atoms with van der Waals surface area (Å²) in [6.45, 7) is 1.63. The van der Waals surface area contributed by atoms with E-state index in [0.717, 1.165) is 0 Å². The second-order valence-electron chi connectivity index (χ2n) is 2.76. The first-order valence-corrected chi connectivity index (χ1v) is 4.05. The number of carbonyl (C=O) groups is 2. The number of hydrogen-bond donors (Lipinski definition) is 1. The summed E-state index contributed by atoms with van der Waals surface area (Å²) < 4.78 is 0. The van der Waals surface area contributed by atoms with E-state index in [1.54, 1.807) is 31.2 Å². The first-order valence-electron chi connectivity index (χ1n) is 4.05. The summed E-state index contributed by atoms with van der Waals surface area (Å²) in [6, 6.07) is 8.35. The predicted octanol–water partition coefficient (Wildman–Crippen LogP) is 1.00. The van der Waals surface area contributed by atoms with E-state index in [0.29, 0.717) is 11.8 Å². The lowest BCUT2D eigenvalue weighted by molar-refractivity contribution is -0.109. The van der Waals surface area contributed by atoms with Crippen molar-refractivity contribution in [1.29, 1.82) is 0 Å². The van der Waals surface area contributed by atoms with E-state index in [9.17, 15) is 9.59 Å². The minimum atomic E-state index is -0.437. The van der Waals surface area contributed by atoms with Crippen LogP contribution >= 0.6 is 0 Å². The third-order valence-electron chi connectivity index (χ3n) is 1.60. The fraction of sp³-hybridized carbons (Fsp3) is 0.200. The summed E-state index contributed by atoms with van der Waals surface area (Å²) in [5.41, 5.74) is 0.566. The molecule has 13 heavy (non-hydrogen) atoms. The molecule has 0 fully saturated rings. The number of aldehydes is 1. The first kappa shape index (κ1) is 9.45. The van der Waals surface area contributed by atoms with Crippen LogP contribution in [0.15, 0.2) is 30.3 Å². The fourth-order valence-electron chi connectivity index (χ4n) is 0.914. The maximum atomic E-state index is 11.3. The Morgan fingerprint density at radius 1 is 1.38 bits per heavy atom. The lowest BCUT2D eigenvalue weighted by Gasteiger charge is -2.06. The zero-order valence-electron chi connectivity index (χ0n) is 7.36. The Morgan fingerprint density at radius 2 is 2.00 bits per heavy atom. The topological polar surface area (TPSA) is 46.2 Å². The van der Waals surface area contributed by atoms with Crippen molar-refractivity contribution in [3.8, 4) is 0 Å². The van der Waals surface area contributed by atoms with Crippen molar-refractivity contribution in [2.75, 3.05) is 0 Å². The second kappa shape index (κ2) is 4.40. The Hall–Kier alpha value is -1.64. The van der Waals surface area contributed by atoms with Crippen LogP contribution in [0.3, 0.4) is 0 Å². The molecule has 0 aliphatic carbocycles. The molecule has 1 amide bonds. The summed E-state index contributed by atoms with van der Waals surface area (Å²) >= 11 is 0. The van der Waals surface area contributed by atoms with Crippen LogP contribution in [0, 0.1) is 0 Å². The number of nitrogens with one attached hydrogen (secondary N) is 1. The van der Waals surface area contributed by atoms with E-state index in [-0.39, 0.29) is 5.91 Å². The largest absolute Gasteiger partial charge is 0.343 e. The van der Waals surface area contributed by atoms with Crippen LogP contribution in [-0.2, 0) is 4.79 Å². The minimum Gasteiger partial charge on any atom is -0.343 e. The lowest BCUT2D eigenvalue weighted by Crippen LogP contribution is -2.33. The Kier molecular flexibility index (Phi) is 3.20. The number of carbonyl (C=O) groups excluding carboxylic acids is 2. The molecule has 0 aliphatic heterocycles. The van der Waals surface area contributed by atoms with Crippen molar-refractivity contribution in [3.63, 3.8) is 0 Å². The zero-order valence-corrected chi connectivity index (χ0v) is 7.36. The monoisotopic (exact) mass is 177 g/mol. The van der Waals surface area contributed by atoms with Gasteiger partial charge in [-0.3, -0.25) is 4.79 Å². The van der Waals surface area contributed by atoms with Gasteiger partial charge in [-0.25, -0.2) is 0 Å². The minimum absolute atomic E-state index is 0.222. The molecule has 1 aromatic carbocycles. The fourth-order valence-corrected chi connectivity index (χ4v) is 0.914. The molecule has 1 N–H and O–H groups in total. The SMILES string of the molecule is CC(C=O)NC(=O)c1ccccc1. The molecule has 3 heteroatoms. The second-order valence-corrected chi connectivity index (χ2v) is 2.76. The molecule has 0 aliphatic rings. The number of hydrogen-bond acceptors (Lipinski definition) is 2. The third-order valence-corrected chi connectivity index (χ3v) is 1.60. The molecule has 0 saturated heterocycles. The normalized spacial score (nSPS) is 11.8. The van der Waals surface area contributed by atoms with Gasteiger partial charge in [-0.15, -0.1) is 0 Å². The van der Waals surface area contributed by atoms with Gasteiger partial charge in [0.1, 0.15) is 6.29 Å². The average Bonchev–Trinajstić information content (AvgIpc) is 2.19. The van der Waals surface area contributed by atoms with E-state index in [4.69, 9.17) is 0 Å². The molecule has 3 nitrogen and oxygen atoms in total. The van der Waals surface area contributed by atoms with Gasteiger partial charge in [-0.05, 0) is 19.1 Å². The van der Waals surface area contributed by atoms with Gasteiger partial charge in [0.2, 0.25) is 0 Å². The Balaban J connectivity index is 2.64. The molecule has 0 spiro atoms. The van der Waals surface area contributed by atoms with Crippen molar-refractivity contribution in [3.05, 3.63) is 35.9 Å². The maximum absolute atomic E-state index is 11.3. The maximum Gasteiger partial charge on any atom is 0.251 e. The van der Waals surface area contributed by atoms with Crippen molar-refractivity contribution < 1.29 is 9.59 Å². The molecule has 1 aromatic rings. The smallest absolute Gasteiger partial charge is 0.251 e. The summed E-state index contributed by atoms with van der Waals surface area (Å²) in [6.07, 6.45) is 0.695. The lowest BCUT2D eigenvalue weighted by atomic mass is 10.2. The van der Waals surface area contributed by atoms with Crippen molar-refractivity contribution >= 4 is 12.2 Å². The van der Waals surface area contributed by atoms with Crippen molar-refractivity contribution in [1.82, 2.24) is 5.32 Å². The van der Waals surface area contributed by atoms with Gasteiger partial charge in [0.25, 0.3) is 5.91 Å². The quantitative estimate of drug-likeness (QED) is 0.700. The molecule has 1 atom stereocenters. The first-order chi connectivity index (χ1) is 6.24. The van der Waals surface area contributed by atoms with Crippen LogP contribution in [-0.4, -0.2) is 18.2 Å². The third kappa shape index (κ3) is 2.71. The van der Waals surface area contributed by atoms with Gasteiger partial charge in [-0.2, -0.15) is 0 Å². The van der Waals surface area contributed by atoms with Crippen LogP contribution in [0.4, 0.5) is 0 Å². The van der Waals surface area contributed by atoms with Crippen LogP contribution in [0.25, 0.3) is 0 Å². The zero-order chi connectivity index (χ0) is 9.68. The molecule has 0 heterocycles. The molecule has 0 saturated carbocycles. The average molecular weight is 177 g/mol. The van der Waals surface area contributed by atoms with E-state index < -0.39 is 6.04 Å². The molecule has 0 radical (unpaired) electrons. The highest BCUT2D eigenvalue weighted by molar-refractivity contribution is 5.95. The van der Waals surface area contributed by atoms with Gasteiger partial charge >= 0.3 is 0 Å². The number of rotatable bonds is 3. The van der Waals surface area contributed by atoms with Gasteiger partial charge in [0, 0.05) is 5.56 Å². The Bertz CT molecular complexity index is 295. The summed E-state index contributed by atoms with van der Waals surface area (Å²) in [5.74, 6) is -0.222.